The molecule has 0 bridgehead atoms. The van der Waals surface area contributed by atoms with Gasteiger partial charge in [0.1, 0.15) is 15.7 Å². The molecule has 17 heavy (non-hydrogen) atoms. The molecule has 1 heterocycles. The lowest BCUT2D eigenvalue weighted by Crippen LogP contribution is -1.92. The molecule has 0 saturated heterocycles. The summed E-state index contributed by atoms with van der Waals surface area (Å²) in [4.78, 5) is 4.31. The standard InChI is InChI=1S/C13H9BrN2S/c1-17-13-11(8-15)10(7-12(14)16-13)9-5-3-2-4-6-9/h2-7H,1H3. The molecule has 2 rings (SSSR count). The van der Waals surface area contributed by atoms with Gasteiger partial charge < -0.3 is 0 Å². The summed E-state index contributed by atoms with van der Waals surface area (Å²) in [5.74, 6) is 0. The smallest absolute Gasteiger partial charge is 0.115 e. The summed E-state index contributed by atoms with van der Waals surface area (Å²) < 4.78 is 0.750. The number of benzene rings is 1. The van der Waals surface area contributed by atoms with Crippen molar-refractivity contribution >= 4 is 27.7 Å². The van der Waals surface area contributed by atoms with Crippen molar-refractivity contribution in [3.05, 3.63) is 46.6 Å². The average molecular weight is 305 g/mol. The van der Waals surface area contributed by atoms with Crippen LogP contribution in [0.15, 0.2) is 46.0 Å². The summed E-state index contributed by atoms with van der Waals surface area (Å²) >= 11 is 4.86. The SMILES string of the molecule is CSc1nc(Br)cc(-c2ccccc2)c1C#N. The van der Waals surface area contributed by atoms with E-state index in [0.29, 0.717) is 5.56 Å². The second kappa shape index (κ2) is 5.35. The van der Waals surface area contributed by atoms with Crippen LogP contribution in [0.2, 0.25) is 0 Å². The van der Waals surface area contributed by atoms with Crippen LogP contribution in [0.4, 0.5) is 0 Å². The lowest BCUT2D eigenvalue weighted by Gasteiger charge is -2.08. The summed E-state index contributed by atoms with van der Waals surface area (Å²) in [6, 6.07) is 14.0. The summed E-state index contributed by atoms with van der Waals surface area (Å²) in [6.07, 6.45) is 1.92. The lowest BCUT2D eigenvalue weighted by molar-refractivity contribution is 1.09. The molecular formula is C13H9BrN2S. The zero-order chi connectivity index (χ0) is 12.3. The van der Waals surface area contributed by atoms with Crippen molar-refractivity contribution in [3.8, 4) is 17.2 Å². The number of nitrogens with zero attached hydrogens (tertiary/aromatic N) is 2. The van der Waals surface area contributed by atoms with Gasteiger partial charge in [-0.3, -0.25) is 0 Å². The third kappa shape index (κ3) is 2.51. The van der Waals surface area contributed by atoms with E-state index in [2.05, 4.69) is 27.0 Å². The second-order valence-corrected chi connectivity index (χ2v) is 4.96. The van der Waals surface area contributed by atoms with Crippen molar-refractivity contribution in [3.63, 3.8) is 0 Å². The van der Waals surface area contributed by atoms with Gasteiger partial charge >= 0.3 is 0 Å². The number of hydrogen-bond donors (Lipinski definition) is 0. The van der Waals surface area contributed by atoms with Gasteiger partial charge in [0.15, 0.2) is 0 Å². The highest BCUT2D eigenvalue weighted by Crippen LogP contribution is 2.31. The predicted octanol–water partition coefficient (Wildman–Crippen LogP) is 4.10. The largest absolute Gasteiger partial charge is 0.233 e. The Morgan fingerprint density at radius 3 is 2.59 bits per heavy atom. The molecule has 0 saturated carbocycles. The first-order valence-corrected chi connectivity index (χ1v) is 6.98. The van der Waals surface area contributed by atoms with Gasteiger partial charge in [-0.2, -0.15) is 5.26 Å². The van der Waals surface area contributed by atoms with Crippen LogP contribution in [-0.2, 0) is 0 Å². The van der Waals surface area contributed by atoms with E-state index < -0.39 is 0 Å². The Hall–Kier alpha value is -1.31. The summed E-state index contributed by atoms with van der Waals surface area (Å²) in [5, 5.41) is 10.0. The van der Waals surface area contributed by atoms with E-state index in [9.17, 15) is 5.26 Å². The average Bonchev–Trinajstić information content (AvgIpc) is 2.38. The molecular weight excluding hydrogens is 296 g/mol. The van der Waals surface area contributed by atoms with Crippen LogP contribution in [0, 0.1) is 11.3 Å². The van der Waals surface area contributed by atoms with E-state index in [1.165, 1.54) is 11.8 Å². The third-order valence-corrected chi connectivity index (χ3v) is 3.43. The Morgan fingerprint density at radius 2 is 2.00 bits per heavy atom. The highest BCUT2D eigenvalue weighted by molar-refractivity contribution is 9.10. The van der Waals surface area contributed by atoms with Crippen molar-refractivity contribution < 1.29 is 0 Å². The van der Waals surface area contributed by atoms with Crippen LogP contribution >= 0.6 is 27.7 Å². The quantitative estimate of drug-likeness (QED) is 0.619. The van der Waals surface area contributed by atoms with Gasteiger partial charge in [-0.05, 0) is 33.8 Å². The van der Waals surface area contributed by atoms with Crippen molar-refractivity contribution in [2.75, 3.05) is 6.26 Å². The Kier molecular flexibility index (Phi) is 3.82. The fourth-order valence-corrected chi connectivity index (χ4v) is 2.67. The maximum absolute atomic E-state index is 9.26. The molecule has 2 aromatic rings. The summed E-state index contributed by atoms with van der Waals surface area (Å²) in [5.41, 5.74) is 2.58. The normalized spacial score (nSPS) is 9.94. The molecule has 0 aliphatic carbocycles. The Balaban J connectivity index is 2.70. The molecule has 84 valence electrons. The Bertz CT molecular complexity index is 576. The molecule has 0 fully saturated rings. The van der Waals surface area contributed by atoms with E-state index in [4.69, 9.17) is 0 Å². The fraction of sp³-hybridized carbons (Fsp3) is 0.0769. The monoisotopic (exact) mass is 304 g/mol. The van der Waals surface area contributed by atoms with Gasteiger partial charge in [0.05, 0.1) is 5.56 Å². The first-order chi connectivity index (χ1) is 8.26. The van der Waals surface area contributed by atoms with Crippen LogP contribution in [0.1, 0.15) is 5.56 Å². The van der Waals surface area contributed by atoms with Crippen molar-refractivity contribution in [1.82, 2.24) is 4.98 Å². The molecule has 4 heteroatoms. The van der Waals surface area contributed by atoms with Gasteiger partial charge in [0, 0.05) is 5.56 Å². The molecule has 1 aromatic carbocycles. The van der Waals surface area contributed by atoms with Gasteiger partial charge in [0.2, 0.25) is 0 Å². The van der Waals surface area contributed by atoms with Crippen LogP contribution in [0.3, 0.4) is 0 Å². The topological polar surface area (TPSA) is 36.7 Å². The first-order valence-electron chi connectivity index (χ1n) is 4.96. The molecule has 0 aliphatic rings. The van der Waals surface area contributed by atoms with Crippen molar-refractivity contribution in [2.24, 2.45) is 0 Å². The van der Waals surface area contributed by atoms with E-state index >= 15 is 0 Å². The predicted molar refractivity (Wildman–Crippen MR) is 73.9 cm³/mol. The minimum Gasteiger partial charge on any atom is -0.233 e. The number of hydrogen-bond acceptors (Lipinski definition) is 3. The van der Waals surface area contributed by atoms with Gasteiger partial charge in [-0.25, -0.2) is 4.98 Å². The van der Waals surface area contributed by atoms with Crippen LogP contribution < -0.4 is 0 Å². The van der Waals surface area contributed by atoms with Crippen LogP contribution in [0.25, 0.3) is 11.1 Å². The molecule has 2 nitrogen and oxygen atoms in total. The maximum Gasteiger partial charge on any atom is 0.115 e. The lowest BCUT2D eigenvalue weighted by atomic mass is 10.0. The highest BCUT2D eigenvalue weighted by Gasteiger charge is 2.12. The number of rotatable bonds is 2. The molecule has 0 radical (unpaired) electrons. The van der Waals surface area contributed by atoms with Gasteiger partial charge in [0.25, 0.3) is 0 Å². The number of halogens is 1. The third-order valence-electron chi connectivity index (χ3n) is 2.34. The van der Waals surface area contributed by atoms with Gasteiger partial charge in [-0.15, -0.1) is 11.8 Å². The zero-order valence-corrected chi connectivity index (χ0v) is 11.5. The molecule has 0 spiro atoms. The van der Waals surface area contributed by atoms with Crippen LogP contribution in [0.5, 0.6) is 0 Å². The first kappa shape index (κ1) is 12.2. The molecule has 1 aromatic heterocycles. The van der Waals surface area contributed by atoms with E-state index in [1.807, 2.05) is 42.7 Å². The van der Waals surface area contributed by atoms with Crippen molar-refractivity contribution in [2.45, 2.75) is 5.03 Å². The van der Waals surface area contributed by atoms with Crippen molar-refractivity contribution in [1.29, 1.82) is 5.26 Å². The second-order valence-electron chi connectivity index (χ2n) is 3.35. The molecule has 0 N–H and O–H groups in total. The number of pyridine rings is 1. The molecule has 0 atom stereocenters. The fourth-order valence-electron chi connectivity index (χ4n) is 1.59. The molecule has 0 amide bonds. The zero-order valence-electron chi connectivity index (χ0n) is 9.14. The van der Waals surface area contributed by atoms with E-state index in [0.717, 1.165) is 20.8 Å². The molecule has 0 unspecified atom stereocenters. The van der Waals surface area contributed by atoms with Crippen LogP contribution in [-0.4, -0.2) is 11.2 Å². The Labute approximate surface area is 113 Å². The summed E-state index contributed by atoms with van der Waals surface area (Å²) in [7, 11) is 0. The maximum atomic E-state index is 9.26. The minimum atomic E-state index is 0.631. The number of aromatic nitrogens is 1. The highest BCUT2D eigenvalue weighted by atomic mass is 79.9. The number of nitriles is 1. The van der Waals surface area contributed by atoms with E-state index in [1.54, 1.807) is 0 Å². The summed E-state index contributed by atoms with van der Waals surface area (Å²) in [6.45, 7) is 0. The van der Waals surface area contributed by atoms with E-state index in [-0.39, 0.29) is 0 Å². The molecule has 0 aliphatic heterocycles. The minimum absolute atomic E-state index is 0.631. The van der Waals surface area contributed by atoms with Gasteiger partial charge in [-0.1, -0.05) is 30.3 Å². The number of thioether (sulfide) groups is 1. The Morgan fingerprint density at radius 1 is 1.29 bits per heavy atom.